The van der Waals surface area contributed by atoms with Crippen LogP contribution in [-0.4, -0.2) is 10.4 Å². The number of anilines is 6. The minimum atomic E-state index is 0.248. The van der Waals surface area contributed by atoms with Crippen LogP contribution in [0.15, 0.2) is 176 Å². The number of Topliss-reactive ketones (excluding diaryl/α,β-unsaturated/α-hetero) is 1. The molecule has 0 amide bonds. The quantitative estimate of drug-likeness (QED) is 0.173. The molecule has 0 fully saturated rings. The number of carbonyl (C=O) groups excluding carboxylic acids is 1. The Morgan fingerprint density at radius 2 is 0.860 bits per heavy atom. The molecule has 0 saturated carbocycles. The number of ketones is 1. The topological polar surface area (TPSA) is 28.5 Å². The van der Waals surface area contributed by atoms with Crippen LogP contribution in [0.3, 0.4) is 0 Å². The minimum absolute atomic E-state index is 0.248. The predicted octanol–water partition coefficient (Wildman–Crippen LogP) is 12.2. The van der Waals surface area contributed by atoms with Crippen molar-refractivity contribution in [3.8, 4) is 5.69 Å². The van der Waals surface area contributed by atoms with Crippen LogP contribution < -0.4 is 9.80 Å². The molecule has 50 heavy (non-hydrogen) atoms. The van der Waals surface area contributed by atoms with Crippen LogP contribution in [0.5, 0.6) is 0 Å². The molecule has 1 aromatic heterocycles. The summed E-state index contributed by atoms with van der Waals surface area (Å²) >= 11 is 0. The van der Waals surface area contributed by atoms with Crippen molar-refractivity contribution in [2.24, 2.45) is 0 Å². The van der Waals surface area contributed by atoms with Crippen LogP contribution in [0.4, 0.5) is 34.1 Å². The number of aromatic nitrogens is 1. The number of nitrogens with zero attached hydrogens (tertiary/aromatic N) is 3. The monoisotopic (exact) mass is 645 g/mol. The van der Waals surface area contributed by atoms with E-state index in [1.165, 1.54) is 0 Å². The zero-order chi connectivity index (χ0) is 33.4. The largest absolute Gasteiger partial charge is 0.310 e. The number of rotatable bonds is 7. The van der Waals surface area contributed by atoms with Crippen LogP contribution in [0.1, 0.15) is 28.8 Å². The Hall–Kier alpha value is -6.39. The molecule has 4 nitrogen and oxygen atoms in total. The van der Waals surface area contributed by atoms with Gasteiger partial charge in [-0.25, -0.2) is 0 Å². The van der Waals surface area contributed by atoms with Gasteiger partial charge in [0.1, 0.15) is 0 Å². The first-order valence-corrected chi connectivity index (χ1v) is 17.3. The second kappa shape index (κ2) is 12.6. The van der Waals surface area contributed by atoms with E-state index in [0.29, 0.717) is 6.42 Å². The molecule has 0 spiro atoms. The third-order valence-corrected chi connectivity index (χ3v) is 9.80. The van der Waals surface area contributed by atoms with Gasteiger partial charge in [-0.1, -0.05) is 72.8 Å². The standard InChI is InChI=1S/C46H35N3O/c50-46-23-13-14-33-30-38(24-27-41(33)46)49-44-28-25-39(47(34-15-5-1-6-16-34)35-17-7-2-8-18-35)31-42(44)43-32-40(26-29-45(43)49)48(36-19-9-3-10-20-36)37-21-11-4-12-22-37/h1-12,15-22,24-32H,13-14,23H2. The number of para-hydroxylation sites is 4. The van der Waals surface area contributed by atoms with Gasteiger partial charge >= 0.3 is 0 Å². The average Bonchev–Trinajstić information content (AvgIpc) is 3.50. The Balaban J connectivity index is 1.30. The summed E-state index contributed by atoms with van der Waals surface area (Å²) in [7, 11) is 0. The lowest BCUT2D eigenvalue weighted by atomic mass is 9.90. The van der Waals surface area contributed by atoms with E-state index in [1.54, 1.807) is 0 Å². The van der Waals surface area contributed by atoms with Gasteiger partial charge in [0.25, 0.3) is 0 Å². The third kappa shape index (κ3) is 5.22. The molecular weight excluding hydrogens is 611 g/mol. The molecule has 0 radical (unpaired) electrons. The van der Waals surface area contributed by atoms with Crippen molar-refractivity contribution in [3.63, 3.8) is 0 Å². The van der Waals surface area contributed by atoms with E-state index in [0.717, 1.165) is 85.6 Å². The Morgan fingerprint density at radius 3 is 1.30 bits per heavy atom. The molecule has 9 rings (SSSR count). The van der Waals surface area contributed by atoms with Crippen molar-refractivity contribution in [2.45, 2.75) is 19.3 Å². The van der Waals surface area contributed by atoms with E-state index in [1.807, 2.05) is 6.07 Å². The summed E-state index contributed by atoms with van der Waals surface area (Å²) in [6.07, 6.45) is 2.46. The fourth-order valence-electron chi connectivity index (χ4n) is 7.53. The first-order chi connectivity index (χ1) is 24.7. The zero-order valence-electron chi connectivity index (χ0n) is 27.6. The summed E-state index contributed by atoms with van der Waals surface area (Å²) in [5, 5.41) is 2.32. The van der Waals surface area contributed by atoms with Gasteiger partial charge in [0.2, 0.25) is 0 Å². The second-order valence-electron chi connectivity index (χ2n) is 12.9. The molecule has 0 unspecified atom stereocenters. The van der Waals surface area contributed by atoms with Crippen molar-refractivity contribution in [2.75, 3.05) is 9.80 Å². The van der Waals surface area contributed by atoms with E-state index in [-0.39, 0.29) is 5.78 Å². The molecule has 1 aliphatic carbocycles. The summed E-state index contributed by atoms with van der Waals surface area (Å²) < 4.78 is 2.36. The van der Waals surface area contributed by atoms with Gasteiger partial charge in [-0.3, -0.25) is 4.79 Å². The molecule has 240 valence electrons. The number of aryl methyl sites for hydroxylation is 1. The summed E-state index contributed by atoms with van der Waals surface area (Å²) in [5.41, 5.74) is 11.9. The molecule has 1 heterocycles. The van der Waals surface area contributed by atoms with Crippen molar-refractivity contribution in [1.82, 2.24) is 4.57 Å². The highest BCUT2D eigenvalue weighted by molar-refractivity contribution is 6.12. The fraction of sp³-hybridized carbons (Fsp3) is 0.0652. The Morgan fingerprint density at radius 1 is 0.420 bits per heavy atom. The fourth-order valence-corrected chi connectivity index (χ4v) is 7.53. The van der Waals surface area contributed by atoms with E-state index < -0.39 is 0 Å². The number of hydrogen-bond donors (Lipinski definition) is 0. The van der Waals surface area contributed by atoms with Gasteiger partial charge < -0.3 is 14.4 Å². The minimum Gasteiger partial charge on any atom is -0.310 e. The molecule has 4 heteroatoms. The molecule has 1 aliphatic rings. The van der Waals surface area contributed by atoms with Gasteiger partial charge in [-0.2, -0.15) is 0 Å². The zero-order valence-corrected chi connectivity index (χ0v) is 27.6. The number of hydrogen-bond acceptors (Lipinski definition) is 3. The first-order valence-electron chi connectivity index (χ1n) is 17.3. The van der Waals surface area contributed by atoms with Gasteiger partial charge in [-0.15, -0.1) is 0 Å². The summed E-state index contributed by atoms with van der Waals surface area (Å²) in [5.74, 6) is 0.248. The molecule has 0 saturated heterocycles. The number of carbonyl (C=O) groups is 1. The van der Waals surface area contributed by atoms with E-state index in [9.17, 15) is 4.79 Å². The Bertz CT molecular complexity index is 2250. The first kappa shape index (κ1) is 29.7. The average molecular weight is 646 g/mol. The maximum absolute atomic E-state index is 12.8. The molecule has 7 aromatic carbocycles. The highest BCUT2D eigenvalue weighted by atomic mass is 16.1. The van der Waals surface area contributed by atoms with Crippen molar-refractivity contribution >= 4 is 61.7 Å². The van der Waals surface area contributed by atoms with Gasteiger partial charge in [0, 0.05) is 62.6 Å². The Kier molecular flexibility index (Phi) is 7.47. The van der Waals surface area contributed by atoms with Gasteiger partial charge in [-0.05, 0) is 122 Å². The number of benzene rings is 7. The molecule has 0 N–H and O–H groups in total. The molecule has 0 bridgehead atoms. The van der Waals surface area contributed by atoms with Crippen LogP contribution in [0, 0.1) is 0 Å². The van der Waals surface area contributed by atoms with Crippen molar-refractivity contribution in [1.29, 1.82) is 0 Å². The third-order valence-electron chi connectivity index (χ3n) is 9.80. The predicted molar refractivity (Wildman–Crippen MR) is 207 cm³/mol. The SMILES string of the molecule is O=C1CCCc2cc(-n3c4ccc(N(c5ccccc5)c5ccccc5)cc4c4cc(N(c5ccccc5)c5ccccc5)ccc43)ccc21. The lowest BCUT2D eigenvalue weighted by Gasteiger charge is -2.26. The normalized spacial score (nSPS) is 12.6. The van der Waals surface area contributed by atoms with Crippen LogP contribution >= 0.6 is 0 Å². The van der Waals surface area contributed by atoms with Crippen molar-refractivity contribution in [3.05, 3.63) is 187 Å². The van der Waals surface area contributed by atoms with E-state index in [4.69, 9.17) is 0 Å². The highest BCUT2D eigenvalue weighted by Gasteiger charge is 2.22. The molecule has 0 aliphatic heterocycles. The van der Waals surface area contributed by atoms with Crippen molar-refractivity contribution < 1.29 is 4.79 Å². The smallest absolute Gasteiger partial charge is 0.163 e. The van der Waals surface area contributed by atoms with Gasteiger partial charge in [0.15, 0.2) is 5.78 Å². The lowest BCUT2D eigenvalue weighted by molar-refractivity contribution is 0.0972. The summed E-state index contributed by atoms with van der Waals surface area (Å²) in [6, 6.07) is 62.2. The van der Waals surface area contributed by atoms with Crippen LogP contribution in [-0.2, 0) is 6.42 Å². The van der Waals surface area contributed by atoms with Crippen LogP contribution in [0.2, 0.25) is 0 Å². The van der Waals surface area contributed by atoms with Gasteiger partial charge in [0.05, 0.1) is 11.0 Å². The molecule has 8 aromatic rings. The summed E-state index contributed by atoms with van der Waals surface area (Å²) in [6.45, 7) is 0. The highest BCUT2D eigenvalue weighted by Crippen LogP contribution is 2.43. The van der Waals surface area contributed by atoms with Crippen LogP contribution in [0.25, 0.3) is 27.5 Å². The lowest BCUT2D eigenvalue weighted by Crippen LogP contribution is -2.11. The maximum atomic E-state index is 12.8. The summed E-state index contributed by atoms with van der Waals surface area (Å²) in [4.78, 5) is 17.4. The van der Waals surface area contributed by atoms with E-state index in [2.05, 4.69) is 184 Å². The van der Waals surface area contributed by atoms with E-state index >= 15 is 0 Å². The molecule has 0 atom stereocenters. The molecular formula is C46H35N3O. The number of fused-ring (bicyclic) bond motifs is 4. The maximum Gasteiger partial charge on any atom is 0.163 e. The Labute approximate surface area is 292 Å². The second-order valence-corrected chi connectivity index (χ2v) is 12.9.